The minimum Gasteiger partial charge on any atom is -0.492 e. The van der Waals surface area contributed by atoms with Gasteiger partial charge in [-0.3, -0.25) is 29.6 Å². The number of hydrogen-bond donors (Lipinski definition) is 1. The summed E-state index contributed by atoms with van der Waals surface area (Å²) >= 11 is 0. The number of imide groups is 1. The van der Waals surface area contributed by atoms with Crippen molar-refractivity contribution in [3.63, 3.8) is 0 Å². The molecule has 0 bridgehead atoms. The van der Waals surface area contributed by atoms with E-state index in [1.54, 1.807) is 18.2 Å². The topological polar surface area (TPSA) is 91.8 Å². The maximum absolute atomic E-state index is 12.8. The van der Waals surface area contributed by atoms with Crippen LogP contribution in [0.4, 0.5) is 13.2 Å². The van der Waals surface area contributed by atoms with E-state index in [-0.39, 0.29) is 30.7 Å². The molecule has 8 nitrogen and oxygen atoms in total. The van der Waals surface area contributed by atoms with E-state index in [1.165, 1.54) is 11.0 Å². The monoisotopic (exact) mass is 488 g/mol. The number of fused-ring (bicyclic) bond motifs is 1. The number of halogens is 3. The molecule has 1 atom stereocenters. The lowest BCUT2D eigenvalue weighted by molar-refractivity contribution is -0.138. The number of benzene rings is 1. The van der Waals surface area contributed by atoms with Gasteiger partial charge in [-0.05, 0) is 42.3 Å². The van der Waals surface area contributed by atoms with Crippen LogP contribution >= 0.6 is 0 Å². The van der Waals surface area contributed by atoms with E-state index in [0.717, 1.165) is 17.8 Å². The Morgan fingerprint density at radius 1 is 1.11 bits per heavy atom. The second kappa shape index (κ2) is 8.95. The van der Waals surface area contributed by atoms with Crippen LogP contribution in [0.1, 0.15) is 45.9 Å². The summed E-state index contributed by atoms with van der Waals surface area (Å²) in [4.78, 5) is 43.9. The van der Waals surface area contributed by atoms with E-state index in [4.69, 9.17) is 4.74 Å². The average Bonchev–Trinajstić information content (AvgIpc) is 3.10. The SMILES string of the molecule is O=C1CCC(N2Cc3cc(OCCN4CC(c5ccc(C(F)(F)F)cn5)C4)ccc3C2=O)C(=O)N1. The molecule has 5 rings (SSSR count). The van der Waals surface area contributed by atoms with Gasteiger partial charge < -0.3 is 9.64 Å². The van der Waals surface area contributed by atoms with Crippen molar-refractivity contribution >= 4 is 17.7 Å². The molecule has 3 aliphatic rings. The van der Waals surface area contributed by atoms with Crippen LogP contribution in [-0.4, -0.2) is 64.8 Å². The molecule has 0 aliphatic carbocycles. The lowest BCUT2D eigenvalue weighted by Crippen LogP contribution is -2.52. The number of likely N-dealkylation sites (tertiary alicyclic amines) is 1. The molecule has 1 N–H and O–H groups in total. The third-order valence-electron chi connectivity index (χ3n) is 6.66. The number of alkyl halides is 3. The number of nitrogens with zero attached hydrogens (tertiary/aromatic N) is 3. The van der Waals surface area contributed by atoms with Crippen molar-refractivity contribution < 1.29 is 32.3 Å². The number of hydrogen-bond acceptors (Lipinski definition) is 6. The van der Waals surface area contributed by atoms with Crippen LogP contribution in [0.2, 0.25) is 0 Å². The van der Waals surface area contributed by atoms with Crippen molar-refractivity contribution in [3.8, 4) is 5.75 Å². The summed E-state index contributed by atoms with van der Waals surface area (Å²) in [6.45, 7) is 2.74. The van der Waals surface area contributed by atoms with Gasteiger partial charge in [0.25, 0.3) is 5.91 Å². The lowest BCUT2D eigenvalue weighted by Gasteiger charge is -2.38. The quantitative estimate of drug-likeness (QED) is 0.628. The van der Waals surface area contributed by atoms with E-state index in [0.29, 0.717) is 49.7 Å². The average molecular weight is 488 g/mol. The van der Waals surface area contributed by atoms with Gasteiger partial charge in [0.1, 0.15) is 18.4 Å². The minimum atomic E-state index is -4.39. The molecule has 1 unspecified atom stereocenters. The van der Waals surface area contributed by atoms with Gasteiger partial charge in [-0.15, -0.1) is 0 Å². The zero-order chi connectivity index (χ0) is 24.7. The molecule has 2 aromatic rings. The van der Waals surface area contributed by atoms with Crippen molar-refractivity contribution in [1.29, 1.82) is 0 Å². The van der Waals surface area contributed by atoms with Gasteiger partial charge in [-0.2, -0.15) is 13.2 Å². The summed E-state index contributed by atoms with van der Waals surface area (Å²) in [7, 11) is 0. The van der Waals surface area contributed by atoms with E-state index < -0.39 is 23.7 Å². The fraction of sp³-hybridized carbons (Fsp3) is 0.417. The Bertz CT molecular complexity index is 1160. The molecule has 35 heavy (non-hydrogen) atoms. The number of nitrogens with one attached hydrogen (secondary N) is 1. The van der Waals surface area contributed by atoms with Crippen molar-refractivity contribution in [2.75, 3.05) is 26.2 Å². The van der Waals surface area contributed by atoms with Gasteiger partial charge in [0.15, 0.2) is 0 Å². The van der Waals surface area contributed by atoms with Crippen LogP contribution < -0.4 is 10.1 Å². The molecule has 2 fully saturated rings. The predicted octanol–water partition coefficient (Wildman–Crippen LogP) is 2.34. The Hall–Kier alpha value is -3.47. The molecular weight excluding hydrogens is 465 g/mol. The third kappa shape index (κ3) is 4.72. The molecular formula is C24H23F3N4O4. The summed E-state index contributed by atoms with van der Waals surface area (Å²) in [6.07, 6.45) is -2.99. The smallest absolute Gasteiger partial charge is 0.417 e. The van der Waals surface area contributed by atoms with Crippen LogP contribution in [0.3, 0.4) is 0 Å². The second-order valence-corrected chi connectivity index (χ2v) is 8.99. The fourth-order valence-corrected chi connectivity index (χ4v) is 4.69. The molecule has 0 spiro atoms. The summed E-state index contributed by atoms with van der Waals surface area (Å²) in [5.74, 6) is -0.289. The van der Waals surface area contributed by atoms with Crippen molar-refractivity contribution in [1.82, 2.24) is 20.1 Å². The number of piperidine rings is 1. The highest BCUT2D eigenvalue weighted by atomic mass is 19.4. The van der Waals surface area contributed by atoms with Crippen LogP contribution in [0.15, 0.2) is 36.5 Å². The minimum absolute atomic E-state index is 0.0987. The predicted molar refractivity (Wildman–Crippen MR) is 116 cm³/mol. The Balaban J connectivity index is 1.10. The first-order valence-electron chi connectivity index (χ1n) is 11.3. The maximum Gasteiger partial charge on any atom is 0.417 e. The van der Waals surface area contributed by atoms with E-state index in [9.17, 15) is 27.6 Å². The summed E-state index contributed by atoms with van der Waals surface area (Å²) in [6, 6.07) is 7.05. The first-order chi connectivity index (χ1) is 16.7. The first-order valence-corrected chi connectivity index (χ1v) is 11.3. The number of amides is 3. The molecule has 4 heterocycles. The highest BCUT2D eigenvalue weighted by Crippen LogP contribution is 2.32. The van der Waals surface area contributed by atoms with Gasteiger partial charge in [0.2, 0.25) is 11.8 Å². The molecule has 0 saturated carbocycles. The number of aromatic nitrogens is 1. The second-order valence-electron chi connectivity index (χ2n) is 8.99. The zero-order valence-electron chi connectivity index (χ0n) is 18.7. The van der Waals surface area contributed by atoms with Gasteiger partial charge in [0, 0.05) is 56.0 Å². The molecule has 11 heteroatoms. The molecule has 2 saturated heterocycles. The number of rotatable bonds is 6. The molecule has 1 aromatic heterocycles. The van der Waals surface area contributed by atoms with Gasteiger partial charge in [-0.1, -0.05) is 0 Å². The van der Waals surface area contributed by atoms with E-state index >= 15 is 0 Å². The third-order valence-corrected chi connectivity index (χ3v) is 6.66. The Kier molecular flexibility index (Phi) is 5.96. The van der Waals surface area contributed by atoms with Gasteiger partial charge in [0.05, 0.1) is 5.56 Å². The number of ether oxygens (including phenoxy) is 1. The van der Waals surface area contributed by atoms with Crippen LogP contribution in [0.5, 0.6) is 5.75 Å². The molecule has 3 amide bonds. The number of pyridine rings is 1. The molecule has 184 valence electrons. The van der Waals surface area contributed by atoms with Gasteiger partial charge >= 0.3 is 6.18 Å². The van der Waals surface area contributed by atoms with E-state index in [1.807, 2.05) is 0 Å². The first kappa shape index (κ1) is 23.3. The van der Waals surface area contributed by atoms with Crippen molar-refractivity contribution in [3.05, 3.63) is 58.9 Å². The van der Waals surface area contributed by atoms with Crippen LogP contribution in [-0.2, 0) is 22.3 Å². The zero-order valence-corrected chi connectivity index (χ0v) is 18.7. The number of carbonyl (C=O) groups is 3. The molecule has 1 aromatic carbocycles. The van der Waals surface area contributed by atoms with Crippen molar-refractivity contribution in [2.45, 2.75) is 37.5 Å². The Morgan fingerprint density at radius 3 is 2.60 bits per heavy atom. The lowest BCUT2D eigenvalue weighted by atomic mass is 9.95. The summed E-state index contributed by atoms with van der Waals surface area (Å²) in [5, 5.41) is 2.29. The Morgan fingerprint density at radius 2 is 1.91 bits per heavy atom. The maximum atomic E-state index is 12.8. The Labute approximate surface area is 199 Å². The normalized spacial score (nSPS) is 21.1. The highest BCUT2D eigenvalue weighted by molar-refractivity contribution is 6.05. The number of carbonyl (C=O) groups excluding carboxylic acids is 3. The van der Waals surface area contributed by atoms with Crippen molar-refractivity contribution in [2.24, 2.45) is 0 Å². The summed E-state index contributed by atoms with van der Waals surface area (Å²) < 4.78 is 43.9. The molecule has 3 aliphatic heterocycles. The molecule has 0 radical (unpaired) electrons. The fourth-order valence-electron chi connectivity index (χ4n) is 4.69. The highest BCUT2D eigenvalue weighted by Gasteiger charge is 2.39. The van der Waals surface area contributed by atoms with Gasteiger partial charge in [-0.25, -0.2) is 0 Å². The standard InChI is InChI=1S/C24H23F3N4O4/c25-24(26,27)16-1-4-19(28-10-16)15-11-30(12-15)7-8-35-17-2-3-18-14(9-17)13-31(23(18)34)20-5-6-21(32)29-22(20)33/h1-4,9-10,15,20H,5-8,11-13H2,(H,29,32,33). The van der Waals surface area contributed by atoms with Crippen LogP contribution in [0, 0.1) is 0 Å². The summed E-state index contributed by atoms with van der Waals surface area (Å²) in [5.41, 5.74) is 1.20. The van der Waals surface area contributed by atoms with Crippen LogP contribution in [0.25, 0.3) is 0 Å². The van der Waals surface area contributed by atoms with E-state index in [2.05, 4.69) is 15.2 Å². The largest absolute Gasteiger partial charge is 0.492 e.